The molecular weight excluding hydrogens is 1250 g/mol. The highest BCUT2D eigenvalue weighted by Gasteiger charge is 2.97. The van der Waals surface area contributed by atoms with Crippen LogP contribution in [0.15, 0.2) is 0 Å². The van der Waals surface area contributed by atoms with Crippen LogP contribution in [0, 0.1) is 0 Å². The first-order valence-corrected chi connectivity index (χ1v) is 22.3. The van der Waals surface area contributed by atoms with Crippen LogP contribution < -0.4 is 0 Å². The van der Waals surface area contributed by atoms with E-state index < -0.39 is 171 Å². The molecule has 0 aliphatic carbocycles. The molecule has 0 heterocycles. The van der Waals surface area contributed by atoms with E-state index in [9.17, 15) is 168 Å². The van der Waals surface area contributed by atoms with Crippen LogP contribution in [0.5, 0.6) is 0 Å². The van der Waals surface area contributed by atoms with Gasteiger partial charge in [0.1, 0.15) is 0 Å². The predicted molar refractivity (Wildman–Crippen MR) is 199 cm³/mol. The average Bonchev–Trinajstić information content (AvgIpc) is 3.31. The minimum Gasteiger partial charge on any atom is -0.466 e. The minimum absolute atomic E-state index is 0.204. The van der Waals surface area contributed by atoms with Crippen molar-refractivity contribution in [3.63, 3.8) is 0 Å². The Bertz CT molecular complexity index is 1940. The van der Waals surface area contributed by atoms with Gasteiger partial charge in [-0.2, -0.15) is 149 Å². The molecule has 0 N–H and O–H groups in total. The Morgan fingerprint density at radius 3 is 0.561 bits per heavy atom. The highest BCUT2D eigenvalue weighted by atomic mass is 19.4. The smallest absolute Gasteiger partial charge is 0.460 e. The molecule has 0 saturated carbocycles. The SMILES string of the molecule is O=C(CCC(=O)OCCC(F)(F)C(F)(F)C(F)(F)C(F)(F)C(F)(F)C(F)(F)C(F)(F)C(F)(F)F)OCCCCCCCCCCCCOC(=O)CCC(=O)OCCC(F)(F)C(F)(F)C(F)(F)C(F)(F)C(F)(F)C(F)(F)C(F)(F)C(F)(F)F. The first-order valence-electron chi connectivity index (χ1n) is 22.3. The number of hydrogen-bond donors (Lipinski definition) is 0. The Morgan fingerprint density at radius 2 is 0.366 bits per heavy atom. The van der Waals surface area contributed by atoms with Crippen LogP contribution in [0.25, 0.3) is 0 Å². The molecule has 0 saturated heterocycles. The lowest BCUT2D eigenvalue weighted by Gasteiger charge is -2.42. The molecule has 0 radical (unpaired) electrons. The molecular formula is C40H40F34O8. The van der Waals surface area contributed by atoms with Gasteiger partial charge in [-0.1, -0.05) is 51.4 Å². The maximum Gasteiger partial charge on any atom is 0.460 e. The summed E-state index contributed by atoms with van der Waals surface area (Å²) in [5.41, 5.74) is 0. The van der Waals surface area contributed by atoms with Gasteiger partial charge in [-0.15, -0.1) is 0 Å². The summed E-state index contributed by atoms with van der Waals surface area (Å²) in [4.78, 5) is 46.8. The summed E-state index contributed by atoms with van der Waals surface area (Å²) in [6, 6.07) is 0. The van der Waals surface area contributed by atoms with Gasteiger partial charge >= 0.3 is 119 Å². The van der Waals surface area contributed by atoms with Crippen molar-refractivity contribution in [3.8, 4) is 0 Å². The van der Waals surface area contributed by atoms with E-state index in [0.29, 0.717) is 51.4 Å². The standard InChI is InChI=1S/C40H40F34O8/c41-25(42,27(45,46)29(49,50)31(53,54)33(57,58)35(61,62)37(65,66)39(69,70)71)15-19-81-23(77)13-11-21(75)79-17-9-7-5-3-1-2-4-6-8-10-18-80-22(76)12-14-24(78)82-20-16-26(43,44)28(47,48)30(51,52)32(55,56)34(59,60)36(63,64)38(67,68)40(72,73)74/h1-20H2. The molecule has 0 aromatic rings. The Balaban J connectivity index is 4.56. The average molecular weight is 1290 g/mol. The van der Waals surface area contributed by atoms with E-state index in [2.05, 4.69) is 9.47 Å². The van der Waals surface area contributed by atoms with Crippen LogP contribution >= 0.6 is 0 Å². The summed E-state index contributed by atoms with van der Waals surface area (Å²) in [5.74, 6) is -122. The van der Waals surface area contributed by atoms with E-state index in [0.717, 1.165) is 0 Å². The number of carbonyl (C=O) groups is 4. The van der Waals surface area contributed by atoms with E-state index in [4.69, 9.17) is 9.47 Å². The Hall–Kier alpha value is -4.50. The quantitative estimate of drug-likeness (QED) is 0.0262. The number of hydrogen-bond acceptors (Lipinski definition) is 8. The zero-order valence-corrected chi connectivity index (χ0v) is 40.3. The van der Waals surface area contributed by atoms with Gasteiger partial charge in [-0.25, -0.2) is 0 Å². The predicted octanol–water partition coefficient (Wildman–Crippen LogP) is 15.4. The van der Waals surface area contributed by atoms with Crippen LogP contribution in [0.1, 0.15) is 103 Å². The largest absolute Gasteiger partial charge is 0.466 e. The molecule has 0 fully saturated rings. The summed E-state index contributed by atoms with van der Waals surface area (Å²) in [6.07, 6.45) is -21.1. The first-order chi connectivity index (χ1) is 36.3. The molecule has 8 nitrogen and oxygen atoms in total. The van der Waals surface area contributed by atoms with Gasteiger partial charge in [-0.3, -0.25) is 19.2 Å². The van der Waals surface area contributed by atoms with E-state index in [1.54, 1.807) is 0 Å². The lowest BCUT2D eigenvalue weighted by Crippen LogP contribution is -2.74. The molecule has 0 amide bonds. The molecule has 0 unspecified atom stereocenters. The Labute approximate surface area is 436 Å². The monoisotopic (exact) mass is 1290 g/mol. The summed E-state index contributed by atoms with van der Waals surface area (Å²) < 4.78 is 472. The fraction of sp³-hybridized carbons (Fsp3) is 0.900. The van der Waals surface area contributed by atoms with E-state index in [1.807, 2.05) is 0 Å². The molecule has 0 aromatic carbocycles. The van der Waals surface area contributed by atoms with E-state index in [-0.39, 0.29) is 26.1 Å². The normalized spacial score (nSPS) is 14.9. The summed E-state index contributed by atoms with van der Waals surface area (Å²) >= 11 is 0. The van der Waals surface area contributed by atoms with E-state index in [1.165, 1.54) is 0 Å². The van der Waals surface area contributed by atoms with Crippen LogP contribution in [-0.2, 0) is 38.1 Å². The number of ether oxygens (including phenoxy) is 4. The van der Waals surface area contributed by atoms with Gasteiger partial charge in [0.2, 0.25) is 0 Å². The van der Waals surface area contributed by atoms with Crippen LogP contribution in [0.4, 0.5) is 149 Å². The topological polar surface area (TPSA) is 105 Å². The molecule has 82 heavy (non-hydrogen) atoms. The van der Waals surface area contributed by atoms with Crippen molar-refractivity contribution < 1.29 is 187 Å². The van der Waals surface area contributed by atoms with Crippen LogP contribution in [0.2, 0.25) is 0 Å². The fourth-order valence-electron chi connectivity index (χ4n) is 5.98. The molecule has 0 aromatic heterocycles. The van der Waals surface area contributed by atoms with E-state index >= 15 is 0 Å². The molecule has 486 valence electrons. The second-order valence-corrected chi connectivity index (χ2v) is 17.2. The molecule has 0 aliphatic heterocycles. The van der Waals surface area contributed by atoms with Gasteiger partial charge in [0, 0.05) is 0 Å². The Kier molecular flexibility index (Phi) is 25.4. The van der Waals surface area contributed by atoms with Crippen LogP contribution in [-0.4, -0.2) is 146 Å². The third-order valence-corrected chi connectivity index (χ3v) is 11.1. The molecule has 0 aliphatic rings. The minimum atomic E-state index is -8.81. The van der Waals surface area contributed by atoms with Crippen molar-refractivity contribution >= 4 is 23.9 Å². The van der Waals surface area contributed by atoms with Gasteiger partial charge in [0.05, 0.1) is 65.0 Å². The highest BCUT2D eigenvalue weighted by Crippen LogP contribution is 2.66. The van der Waals surface area contributed by atoms with Gasteiger partial charge in [-0.05, 0) is 12.8 Å². The lowest BCUT2D eigenvalue weighted by atomic mass is 9.88. The third-order valence-electron chi connectivity index (χ3n) is 11.1. The maximum atomic E-state index is 14.0. The van der Waals surface area contributed by atoms with Crippen molar-refractivity contribution in [2.45, 2.75) is 198 Å². The fourth-order valence-corrected chi connectivity index (χ4v) is 5.98. The van der Waals surface area contributed by atoms with Crippen molar-refractivity contribution in [2.75, 3.05) is 26.4 Å². The van der Waals surface area contributed by atoms with Crippen molar-refractivity contribution in [2.24, 2.45) is 0 Å². The molecule has 0 spiro atoms. The molecule has 42 heteroatoms. The lowest BCUT2D eigenvalue weighted by molar-refractivity contribution is -0.461. The van der Waals surface area contributed by atoms with Gasteiger partial charge in [0.25, 0.3) is 0 Å². The molecule has 0 bridgehead atoms. The number of carbonyl (C=O) groups excluding carboxylic acids is 4. The third kappa shape index (κ3) is 15.9. The van der Waals surface area contributed by atoms with Crippen molar-refractivity contribution in [1.29, 1.82) is 0 Å². The second kappa shape index (κ2) is 26.8. The number of alkyl halides is 34. The van der Waals surface area contributed by atoms with Crippen molar-refractivity contribution in [3.05, 3.63) is 0 Å². The molecule has 0 rings (SSSR count). The highest BCUT2D eigenvalue weighted by molar-refractivity contribution is 5.78. The zero-order chi connectivity index (χ0) is 65.3. The van der Waals surface area contributed by atoms with Crippen molar-refractivity contribution in [1.82, 2.24) is 0 Å². The second-order valence-electron chi connectivity index (χ2n) is 17.2. The van der Waals surface area contributed by atoms with Crippen LogP contribution in [0.3, 0.4) is 0 Å². The number of halogens is 34. The summed E-state index contributed by atoms with van der Waals surface area (Å²) in [7, 11) is 0. The van der Waals surface area contributed by atoms with Gasteiger partial charge in [0.15, 0.2) is 0 Å². The summed E-state index contributed by atoms with van der Waals surface area (Å²) in [5, 5.41) is 0. The van der Waals surface area contributed by atoms with Gasteiger partial charge < -0.3 is 18.9 Å². The zero-order valence-electron chi connectivity index (χ0n) is 40.3. The summed E-state index contributed by atoms with van der Waals surface area (Å²) in [6.45, 7) is -4.96. The maximum absolute atomic E-state index is 14.0. The molecule has 0 atom stereocenters. The number of unbranched alkanes of at least 4 members (excludes halogenated alkanes) is 9. The number of rotatable bonds is 37. The Morgan fingerprint density at radius 1 is 0.207 bits per heavy atom. The first kappa shape index (κ1) is 77.5. The number of esters is 4.